The van der Waals surface area contributed by atoms with Gasteiger partial charge in [0.15, 0.2) is 0 Å². The van der Waals surface area contributed by atoms with Crippen LogP contribution >= 0.6 is 0 Å². The van der Waals surface area contributed by atoms with Crippen LogP contribution < -0.4 is 5.32 Å². The van der Waals surface area contributed by atoms with E-state index >= 15 is 0 Å². The summed E-state index contributed by atoms with van der Waals surface area (Å²) in [5.41, 5.74) is 4.74. The number of anilines is 1. The normalized spacial score (nSPS) is 10.6. The van der Waals surface area contributed by atoms with Crippen molar-refractivity contribution in [2.75, 3.05) is 11.9 Å². The molecule has 20 heavy (non-hydrogen) atoms. The Labute approximate surface area is 121 Å². The van der Waals surface area contributed by atoms with Crippen LogP contribution in [0.5, 0.6) is 0 Å². The van der Waals surface area contributed by atoms with Crippen LogP contribution in [0.1, 0.15) is 37.2 Å². The van der Waals surface area contributed by atoms with E-state index in [-0.39, 0.29) is 0 Å². The molecule has 1 heterocycles. The molecule has 0 radical (unpaired) electrons. The Kier molecular flexibility index (Phi) is 4.72. The summed E-state index contributed by atoms with van der Waals surface area (Å²) in [6.45, 7) is 9.35. The van der Waals surface area contributed by atoms with E-state index in [0.717, 1.165) is 36.7 Å². The van der Waals surface area contributed by atoms with Crippen LogP contribution in [0.15, 0.2) is 24.3 Å². The molecule has 0 spiro atoms. The molecule has 0 saturated heterocycles. The van der Waals surface area contributed by atoms with Gasteiger partial charge in [0.1, 0.15) is 11.6 Å². The number of hydrogen-bond acceptors (Lipinski definition) is 3. The van der Waals surface area contributed by atoms with Gasteiger partial charge in [-0.1, -0.05) is 30.7 Å². The van der Waals surface area contributed by atoms with Gasteiger partial charge in [0.2, 0.25) is 0 Å². The van der Waals surface area contributed by atoms with Gasteiger partial charge in [-0.15, -0.1) is 0 Å². The van der Waals surface area contributed by atoms with Gasteiger partial charge in [0.25, 0.3) is 0 Å². The fourth-order valence-corrected chi connectivity index (χ4v) is 2.34. The summed E-state index contributed by atoms with van der Waals surface area (Å²) >= 11 is 0. The average Bonchev–Trinajstić information content (AvgIpc) is 2.39. The van der Waals surface area contributed by atoms with E-state index in [1.807, 2.05) is 6.07 Å². The number of nitrogens with one attached hydrogen (secondary N) is 1. The Morgan fingerprint density at radius 2 is 1.85 bits per heavy atom. The monoisotopic (exact) mass is 269 g/mol. The van der Waals surface area contributed by atoms with Crippen molar-refractivity contribution in [3.63, 3.8) is 0 Å². The van der Waals surface area contributed by atoms with Gasteiger partial charge in [-0.2, -0.15) is 0 Å². The fraction of sp³-hybridized carbons (Fsp3) is 0.412. The standard InChI is InChI=1S/C17H23N3/c1-5-7-16-19-15(11-17(20-16)18-6-2)14-9-8-12(3)10-13(14)4/h8-11H,5-7H2,1-4H3,(H,18,19,20). The molecule has 2 rings (SSSR count). The SMILES string of the molecule is CCCc1nc(NCC)cc(-c2ccc(C)cc2C)n1. The van der Waals surface area contributed by atoms with Crippen LogP contribution in [-0.4, -0.2) is 16.5 Å². The van der Waals surface area contributed by atoms with Crippen LogP contribution in [0.4, 0.5) is 5.82 Å². The van der Waals surface area contributed by atoms with E-state index in [1.165, 1.54) is 16.7 Å². The zero-order chi connectivity index (χ0) is 14.5. The van der Waals surface area contributed by atoms with Crippen molar-refractivity contribution >= 4 is 5.82 Å². The van der Waals surface area contributed by atoms with Crippen molar-refractivity contribution in [2.45, 2.75) is 40.5 Å². The van der Waals surface area contributed by atoms with Gasteiger partial charge < -0.3 is 5.32 Å². The highest BCUT2D eigenvalue weighted by atomic mass is 15.0. The average molecular weight is 269 g/mol. The maximum absolute atomic E-state index is 4.72. The predicted octanol–water partition coefficient (Wildman–Crippen LogP) is 4.14. The summed E-state index contributed by atoms with van der Waals surface area (Å²) in [7, 11) is 0. The smallest absolute Gasteiger partial charge is 0.131 e. The minimum atomic E-state index is 0.870. The van der Waals surface area contributed by atoms with Crippen molar-refractivity contribution in [1.82, 2.24) is 9.97 Å². The topological polar surface area (TPSA) is 37.8 Å². The van der Waals surface area contributed by atoms with Crippen molar-refractivity contribution in [1.29, 1.82) is 0 Å². The van der Waals surface area contributed by atoms with E-state index in [4.69, 9.17) is 4.98 Å². The Morgan fingerprint density at radius 3 is 2.50 bits per heavy atom. The van der Waals surface area contributed by atoms with E-state index in [9.17, 15) is 0 Å². The first kappa shape index (κ1) is 14.5. The molecule has 0 unspecified atom stereocenters. The number of hydrogen-bond donors (Lipinski definition) is 1. The van der Waals surface area contributed by atoms with E-state index < -0.39 is 0 Å². The highest BCUT2D eigenvalue weighted by Crippen LogP contribution is 2.24. The fourth-order valence-electron chi connectivity index (χ4n) is 2.34. The lowest BCUT2D eigenvalue weighted by Crippen LogP contribution is -2.05. The maximum atomic E-state index is 4.72. The van der Waals surface area contributed by atoms with Gasteiger partial charge >= 0.3 is 0 Å². The molecule has 0 aliphatic carbocycles. The summed E-state index contributed by atoms with van der Waals surface area (Å²) in [6.07, 6.45) is 1.97. The summed E-state index contributed by atoms with van der Waals surface area (Å²) in [6, 6.07) is 8.53. The Bertz CT molecular complexity index is 567. The van der Waals surface area contributed by atoms with Crippen molar-refractivity contribution in [2.24, 2.45) is 0 Å². The number of rotatable bonds is 5. The lowest BCUT2D eigenvalue weighted by atomic mass is 10.0. The summed E-state index contributed by atoms with van der Waals surface area (Å²) in [4.78, 5) is 9.28. The molecular formula is C17H23N3. The first-order chi connectivity index (χ1) is 9.63. The molecule has 0 atom stereocenters. The molecule has 0 amide bonds. The number of aromatic nitrogens is 2. The highest BCUT2D eigenvalue weighted by Gasteiger charge is 2.08. The largest absolute Gasteiger partial charge is 0.370 e. The molecule has 1 aromatic carbocycles. The summed E-state index contributed by atoms with van der Waals surface area (Å²) in [5, 5.41) is 3.30. The van der Waals surface area contributed by atoms with Crippen LogP contribution in [-0.2, 0) is 6.42 Å². The number of aryl methyl sites for hydroxylation is 3. The summed E-state index contributed by atoms with van der Waals surface area (Å²) < 4.78 is 0. The Balaban J connectivity index is 2.48. The quantitative estimate of drug-likeness (QED) is 0.886. The number of benzene rings is 1. The van der Waals surface area contributed by atoms with Crippen molar-refractivity contribution in [3.05, 3.63) is 41.2 Å². The molecule has 1 N–H and O–H groups in total. The van der Waals surface area contributed by atoms with Crippen LogP contribution in [0.3, 0.4) is 0 Å². The van der Waals surface area contributed by atoms with E-state index in [0.29, 0.717) is 0 Å². The molecule has 0 saturated carbocycles. The Hall–Kier alpha value is -1.90. The molecular weight excluding hydrogens is 246 g/mol. The van der Waals surface area contributed by atoms with Gasteiger partial charge in [0, 0.05) is 24.6 Å². The Morgan fingerprint density at radius 1 is 1.05 bits per heavy atom. The molecule has 3 nitrogen and oxygen atoms in total. The van der Waals surface area contributed by atoms with Crippen molar-refractivity contribution < 1.29 is 0 Å². The van der Waals surface area contributed by atoms with Crippen LogP contribution in [0.2, 0.25) is 0 Å². The second kappa shape index (κ2) is 6.51. The van der Waals surface area contributed by atoms with Gasteiger partial charge in [-0.3, -0.25) is 0 Å². The molecule has 0 aliphatic heterocycles. The molecule has 3 heteroatoms. The van der Waals surface area contributed by atoms with E-state index in [2.05, 4.69) is 56.2 Å². The predicted molar refractivity (Wildman–Crippen MR) is 85.1 cm³/mol. The highest BCUT2D eigenvalue weighted by molar-refractivity contribution is 5.66. The second-order valence-electron chi connectivity index (χ2n) is 5.15. The minimum absolute atomic E-state index is 0.870. The molecule has 0 bridgehead atoms. The molecule has 1 aromatic heterocycles. The molecule has 106 valence electrons. The van der Waals surface area contributed by atoms with Crippen molar-refractivity contribution in [3.8, 4) is 11.3 Å². The molecule has 0 aliphatic rings. The van der Waals surface area contributed by atoms with Crippen LogP contribution in [0, 0.1) is 13.8 Å². The second-order valence-corrected chi connectivity index (χ2v) is 5.15. The third-order valence-electron chi connectivity index (χ3n) is 3.26. The minimum Gasteiger partial charge on any atom is -0.370 e. The lowest BCUT2D eigenvalue weighted by Gasteiger charge is -2.11. The zero-order valence-corrected chi connectivity index (χ0v) is 12.8. The third-order valence-corrected chi connectivity index (χ3v) is 3.26. The lowest BCUT2D eigenvalue weighted by molar-refractivity contribution is 0.836. The number of nitrogens with zero attached hydrogens (tertiary/aromatic N) is 2. The first-order valence-corrected chi connectivity index (χ1v) is 7.33. The molecule has 0 fully saturated rings. The van der Waals surface area contributed by atoms with Gasteiger partial charge in [-0.05, 0) is 32.8 Å². The van der Waals surface area contributed by atoms with Gasteiger partial charge in [0.05, 0.1) is 5.69 Å². The molecule has 2 aromatic rings. The zero-order valence-electron chi connectivity index (χ0n) is 12.8. The van der Waals surface area contributed by atoms with E-state index in [1.54, 1.807) is 0 Å². The first-order valence-electron chi connectivity index (χ1n) is 7.33. The third kappa shape index (κ3) is 3.35. The van der Waals surface area contributed by atoms with Crippen LogP contribution in [0.25, 0.3) is 11.3 Å². The summed E-state index contributed by atoms with van der Waals surface area (Å²) in [5.74, 6) is 1.84. The maximum Gasteiger partial charge on any atom is 0.131 e. The van der Waals surface area contributed by atoms with Gasteiger partial charge in [-0.25, -0.2) is 9.97 Å².